The van der Waals surface area contributed by atoms with Gasteiger partial charge in [0.1, 0.15) is 0 Å². The maximum Gasteiger partial charge on any atom is 0.329 e. The summed E-state index contributed by atoms with van der Waals surface area (Å²) in [6, 6.07) is 15.5. The van der Waals surface area contributed by atoms with E-state index in [2.05, 4.69) is 0 Å². The number of aliphatic carboxylic acids is 1. The van der Waals surface area contributed by atoms with E-state index in [0.717, 1.165) is 4.90 Å². The number of carboxylic acid groups (broad SMARTS) is 1. The van der Waals surface area contributed by atoms with Crippen LogP contribution in [0.1, 0.15) is 10.4 Å². The van der Waals surface area contributed by atoms with Crippen molar-refractivity contribution in [2.24, 2.45) is 0 Å². The Hall–Kier alpha value is -2.66. The third-order valence-corrected chi connectivity index (χ3v) is 3.04. The molecule has 0 radical (unpaired) electrons. The molecule has 0 spiro atoms. The molecule has 0 fully saturated rings. The van der Waals surface area contributed by atoms with Crippen molar-refractivity contribution in [2.75, 3.05) is 11.5 Å². The monoisotopic (exact) mass is 285 g/mol. The summed E-state index contributed by atoms with van der Waals surface area (Å²) in [4.78, 5) is 25.0. The predicted molar refractivity (Wildman–Crippen MR) is 78.2 cm³/mol. The lowest BCUT2D eigenvalue weighted by atomic mass is 10.1. The van der Waals surface area contributed by atoms with E-state index in [1.807, 2.05) is 0 Å². The number of hydrogen-bond donors (Lipinski definition) is 2. The molecule has 5 heteroatoms. The largest absolute Gasteiger partial charge is 0.480 e. The lowest BCUT2D eigenvalue weighted by Crippen LogP contribution is -2.47. The molecule has 0 saturated carbocycles. The number of carbonyl (C=O) groups is 2. The number of amides is 1. The van der Waals surface area contributed by atoms with Gasteiger partial charge in [-0.1, -0.05) is 36.4 Å². The van der Waals surface area contributed by atoms with Gasteiger partial charge in [0.2, 0.25) is 0 Å². The van der Waals surface area contributed by atoms with Crippen LogP contribution in [-0.4, -0.2) is 34.7 Å². The number of carbonyl (C=O) groups excluding carboxylic acids is 1. The zero-order valence-electron chi connectivity index (χ0n) is 11.2. The first-order valence-corrected chi connectivity index (χ1v) is 6.42. The van der Waals surface area contributed by atoms with Crippen LogP contribution < -0.4 is 4.90 Å². The molecule has 5 nitrogen and oxygen atoms in total. The molecule has 1 amide bonds. The fourth-order valence-electron chi connectivity index (χ4n) is 2.02. The highest BCUT2D eigenvalue weighted by Crippen LogP contribution is 2.20. The third-order valence-electron chi connectivity index (χ3n) is 3.04. The minimum atomic E-state index is -1.33. The minimum Gasteiger partial charge on any atom is -0.480 e. The Kier molecular flexibility index (Phi) is 4.68. The molecule has 1 unspecified atom stereocenters. The van der Waals surface area contributed by atoms with Crippen molar-refractivity contribution < 1.29 is 19.8 Å². The molecule has 2 rings (SSSR count). The topological polar surface area (TPSA) is 77.8 Å². The number of anilines is 1. The fourth-order valence-corrected chi connectivity index (χ4v) is 2.02. The predicted octanol–water partition coefficient (Wildman–Crippen LogP) is 1.78. The van der Waals surface area contributed by atoms with Crippen LogP contribution in [0.4, 0.5) is 5.69 Å². The summed E-state index contributed by atoms with van der Waals surface area (Å²) in [5.41, 5.74) is 0.786. The second-order valence-corrected chi connectivity index (χ2v) is 4.41. The number of para-hydroxylation sites is 1. The normalized spacial score (nSPS) is 11.7. The van der Waals surface area contributed by atoms with Gasteiger partial charge in [0.25, 0.3) is 5.91 Å². The minimum absolute atomic E-state index is 0.362. The second kappa shape index (κ2) is 6.67. The van der Waals surface area contributed by atoms with Gasteiger partial charge in [-0.25, -0.2) is 4.79 Å². The Labute approximate surface area is 122 Å². The van der Waals surface area contributed by atoms with Crippen molar-refractivity contribution in [1.29, 1.82) is 0 Å². The average molecular weight is 285 g/mol. The summed E-state index contributed by atoms with van der Waals surface area (Å²) < 4.78 is 0. The highest BCUT2D eigenvalue weighted by Gasteiger charge is 2.31. The van der Waals surface area contributed by atoms with Crippen molar-refractivity contribution in [3.8, 4) is 0 Å². The van der Waals surface area contributed by atoms with Crippen LogP contribution in [0.5, 0.6) is 0 Å². The number of hydrogen-bond acceptors (Lipinski definition) is 3. The molecular weight excluding hydrogens is 270 g/mol. The summed E-state index contributed by atoms with van der Waals surface area (Å²) >= 11 is 0. The number of rotatable bonds is 5. The zero-order valence-corrected chi connectivity index (χ0v) is 11.2. The van der Waals surface area contributed by atoms with Gasteiger partial charge in [0.15, 0.2) is 6.04 Å². The Morgan fingerprint density at radius 1 is 0.952 bits per heavy atom. The highest BCUT2D eigenvalue weighted by atomic mass is 16.4. The number of aliphatic hydroxyl groups excluding tert-OH is 1. The van der Waals surface area contributed by atoms with Crippen LogP contribution in [-0.2, 0) is 4.79 Å². The number of carboxylic acids is 1. The van der Waals surface area contributed by atoms with Gasteiger partial charge in [0.05, 0.1) is 6.61 Å². The van der Waals surface area contributed by atoms with Crippen LogP contribution >= 0.6 is 0 Å². The van der Waals surface area contributed by atoms with E-state index >= 15 is 0 Å². The SMILES string of the molecule is O=C(O)C(CO)N(C(=O)c1ccccc1)c1ccccc1. The van der Waals surface area contributed by atoms with Crippen LogP contribution in [0.25, 0.3) is 0 Å². The quantitative estimate of drug-likeness (QED) is 0.877. The lowest BCUT2D eigenvalue weighted by Gasteiger charge is -2.28. The van der Waals surface area contributed by atoms with Gasteiger partial charge in [0, 0.05) is 11.3 Å². The van der Waals surface area contributed by atoms with E-state index in [-0.39, 0.29) is 0 Å². The van der Waals surface area contributed by atoms with E-state index in [9.17, 15) is 19.8 Å². The van der Waals surface area contributed by atoms with Crippen LogP contribution in [0.2, 0.25) is 0 Å². The Balaban J connectivity index is 2.46. The first-order chi connectivity index (χ1) is 10.1. The van der Waals surface area contributed by atoms with E-state index in [0.29, 0.717) is 11.3 Å². The summed E-state index contributed by atoms with van der Waals surface area (Å²) in [5, 5.41) is 18.6. The standard InChI is InChI=1S/C16H15NO4/c18-11-14(16(20)21)17(13-9-5-2-6-10-13)15(19)12-7-3-1-4-8-12/h1-10,14,18H,11H2,(H,20,21). The smallest absolute Gasteiger partial charge is 0.329 e. The van der Waals surface area contributed by atoms with Crippen molar-refractivity contribution in [1.82, 2.24) is 0 Å². The van der Waals surface area contributed by atoms with Crippen LogP contribution in [0, 0.1) is 0 Å². The molecular formula is C16H15NO4. The summed E-state index contributed by atoms with van der Waals surface area (Å²) in [5.74, 6) is -1.73. The van der Waals surface area contributed by atoms with E-state index in [4.69, 9.17) is 0 Å². The van der Waals surface area contributed by atoms with Crippen LogP contribution in [0.3, 0.4) is 0 Å². The van der Waals surface area contributed by atoms with Crippen molar-refractivity contribution in [3.63, 3.8) is 0 Å². The molecule has 0 heterocycles. The molecule has 0 bridgehead atoms. The average Bonchev–Trinajstić information content (AvgIpc) is 2.53. The molecule has 108 valence electrons. The maximum absolute atomic E-state index is 12.6. The van der Waals surface area contributed by atoms with Gasteiger partial charge >= 0.3 is 5.97 Å². The highest BCUT2D eigenvalue weighted by molar-refractivity contribution is 6.09. The zero-order chi connectivity index (χ0) is 15.2. The summed E-state index contributed by atoms with van der Waals surface area (Å²) in [6.07, 6.45) is 0. The second-order valence-electron chi connectivity index (χ2n) is 4.41. The van der Waals surface area contributed by atoms with Crippen molar-refractivity contribution in [3.05, 3.63) is 66.2 Å². The first kappa shape index (κ1) is 14.7. The molecule has 0 saturated heterocycles. The van der Waals surface area contributed by atoms with Gasteiger partial charge in [-0.05, 0) is 24.3 Å². The fraction of sp³-hybridized carbons (Fsp3) is 0.125. The number of aliphatic hydroxyl groups is 1. The van der Waals surface area contributed by atoms with Crippen molar-refractivity contribution >= 4 is 17.6 Å². The van der Waals surface area contributed by atoms with Crippen molar-refractivity contribution in [2.45, 2.75) is 6.04 Å². The maximum atomic E-state index is 12.6. The molecule has 2 N–H and O–H groups in total. The molecule has 2 aromatic rings. The lowest BCUT2D eigenvalue weighted by molar-refractivity contribution is -0.139. The summed E-state index contributed by atoms with van der Waals surface area (Å²) in [6.45, 7) is -0.664. The van der Waals surface area contributed by atoms with Gasteiger partial charge in [-0.3, -0.25) is 9.69 Å². The Morgan fingerprint density at radius 3 is 1.95 bits per heavy atom. The Morgan fingerprint density at radius 2 is 1.48 bits per heavy atom. The molecule has 0 aliphatic heterocycles. The van der Waals surface area contributed by atoms with E-state index in [1.54, 1.807) is 60.7 Å². The molecule has 0 aliphatic carbocycles. The Bertz CT molecular complexity index is 613. The van der Waals surface area contributed by atoms with Gasteiger partial charge in [-0.2, -0.15) is 0 Å². The van der Waals surface area contributed by atoms with E-state index < -0.39 is 24.5 Å². The van der Waals surface area contributed by atoms with Crippen LogP contribution in [0.15, 0.2) is 60.7 Å². The molecule has 0 aromatic heterocycles. The van der Waals surface area contributed by atoms with E-state index in [1.165, 1.54) is 0 Å². The van der Waals surface area contributed by atoms with Gasteiger partial charge in [-0.15, -0.1) is 0 Å². The third kappa shape index (κ3) is 3.27. The molecule has 21 heavy (non-hydrogen) atoms. The number of benzene rings is 2. The van der Waals surface area contributed by atoms with Gasteiger partial charge < -0.3 is 10.2 Å². The molecule has 1 atom stereocenters. The summed E-state index contributed by atoms with van der Waals surface area (Å²) in [7, 11) is 0. The number of nitrogens with zero attached hydrogens (tertiary/aromatic N) is 1. The first-order valence-electron chi connectivity index (χ1n) is 6.42. The molecule has 0 aliphatic rings. The molecule has 2 aromatic carbocycles.